The molecule has 0 fully saturated rings. The van der Waals surface area contributed by atoms with Gasteiger partial charge in [-0.05, 0) is 30.3 Å². The zero-order valence-electron chi connectivity index (χ0n) is 12.7. The highest BCUT2D eigenvalue weighted by atomic mass is 32.2. The highest BCUT2D eigenvalue weighted by Gasteiger charge is 2.49. The largest absolute Gasteiger partial charge is 0.534 e. The van der Waals surface area contributed by atoms with Crippen molar-refractivity contribution >= 4 is 16.5 Å². The summed E-state index contributed by atoms with van der Waals surface area (Å²) < 4.78 is 75.3. The maximum Gasteiger partial charge on any atom is 0.534 e. The topological polar surface area (TPSA) is 87.1 Å². The Kier molecular flexibility index (Phi) is 3.41. The lowest BCUT2D eigenvalue weighted by atomic mass is 9.82. The Balaban J connectivity index is 1.83. The van der Waals surface area contributed by atoms with E-state index in [0.29, 0.717) is 11.1 Å². The van der Waals surface area contributed by atoms with Gasteiger partial charge in [0.25, 0.3) is 0 Å². The van der Waals surface area contributed by atoms with Gasteiger partial charge in [0.1, 0.15) is 18.1 Å². The predicted molar refractivity (Wildman–Crippen MR) is 81.6 cm³/mol. The van der Waals surface area contributed by atoms with Crippen molar-refractivity contribution in [3.05, 3.63) is 47.7 Å². The summed E-state index contributed by atoms with van der Waals surface area (Å²) in [5.41, 5.74) is -5.81. The van der Waals surface area contributed by atoms with Crippen LogP contribution in [0.25, 0.3) is 0 Å². The first-order valence-corrected chi connectivity index (χ1v) is 8.58. The predicted octanol–water partition coefficient (Wildman–Crippen LogP) is 2.72. The van der Waals surface area contributed by atoms with Gasteiger partial charge in [-0.1, -0.05) is 0 Å². The van der Waals surface area contributed by atoms with Crippen LogP contribution in [0, 0.1) is 0 Å². The summed E-state index contributed by atoms with van der Waals surface area (Å²) in [4.78, 5) is 8.42. The van der Waals surface area contributed by atoms with Crippen molar-refractivity contribution in [2.45, 2.75) is 11.0 Å². The smallest absolute Gasteiger partial charge is 0.480 e. The van der Waals surface area contributed by atoms with Crippen LogP contribution in [0.2, 0.25) is 0 Å². The number of ether oxygens (including phenoxy) is 2. The third-order valence-corrected chi connectivity index (χ3v) is 4.93. The molecule has 0 radical (unpaired) electrons. The number of hydrogen-bond acceptors (Lipinski definition) is 7. The van der Waals surface area contributed by atoms with Gasteiger partial charge in [0.2, 0.25) is 5.88 Å². The van der Waals surface area contributed by atoms with Gasteiger partial charge < -0.3 is 13.7 Å². The second-order valence-electron chi connectivity index (χ2n) is 5.51. The van der Waals surface area contributed by atoms with E-state index >= 15 is 0 Å². The van der Waals surface area contributed by atoms with Crippen molar-refractivity contribution in [2.24, 2.45) is 4.99 Å². The summed E-state index contributed by atoms with van der Waals surface area (Å²) in [5.74, 6) is 0.0216. The number of halogens is 3. The fourth-order valence-electron chi connectivity index (χ4n) is 2.80. The highest BCUT2D eigenvalue weighted by molar-refractivity contribution is 7.88. The van der Waals surface area contributed by atoms with Crippen LogP contribution in [-0.2, 0) is 20.4 Å². The van der Waals surface area contributed by atoms with E-state index in [9.17, 15) is 21.6 Å². The van der Waals surface area contributed by atoms with Crippen molar-refractivity contribution in [3.8, 4) is 17.4 Å². The molecule has 1 spiro atoms. The first-order chi connectivity index (χ1) is 12.2. The van der Waals surface area contributed by atoms with Gasteiger partial charge in [-0.15, -0.1) is 0 Å². The molecule has 11 heteroatoms. The third kappa shape index (κ3) is 2.38. The van der Waals surface area contributed by atoms with E-state index in [1.54, 1.807) is 12.1 Å². The molecule has 0 aliphatic carbocycles. The van der Waals surface area contributed by atoms with Crippen LogP contribution in [0.3, 0.4) is 0 Å². The molecule has 0 bridgehead atoms. The molecule has 4 rings (SSSR count). The van der Waals surface area contributed by atoms with Crippen LogP contribution >= 0.6 is 0 Å². The fourth-order valence-corrected chi connectivity index (χ4v) is 3.25. The molecule has 1 aromatic carbocycles. The van der Waals surface area contributed by atoms with E-state index in [-0.39, 0.29) is 18.2 Å². The molecule has 2 aliphatic heterocycles. The Hall–Kier alpha value is -2.82. The zero-order valence-corrected chi connectivity index (χ0v) is 13.5. The average Bonchev–Trinajstić information content (AvgIpc) is 3.05. The van der Waals surface area contributed by atoms with Crippen molar-refractivity contribution < 1.29 is 35.2 Å². The summed E-state index contributed by atoms with van der Waals surface area (Å²) in [7, 11) is -5.80. The van der Waals surface area contributed by atoms with Gasteiger partial charge in [-0.2, -0.15) is 21.6 Å². The summed E-state index contributed by atoms with van der Waals surface area (Å²) >= 11 is 0. The Morgan fingerprint density at radius 1 is 1.19 bits per heavy atom. The lowest BCUT2D eigenvalue weighted by Crippen LogP contribution is -2.32. The number of hydrogen-bond donors (Lipinski definition) is 0. The van der Waals surface area contributed by atoms with E-state index < -0.39 is 26.9 Å². The summed E-state index contributed by atoms with van der Waals surface area (Å²) in [6.45, 7) is 0.0531. The van der Waals surface area contributed by atoms with Crippen LogP contribution in [0.4, 0.5) is 13.2 Å². The monoisotopic (exact) mass is 386 g/mol. The van der Waals surface area contributed by atoms with Gasteiger partial charge in [-0.25, -0.2) is 9.98 Å². The number of benzene rings is 1. The molecule has 1 aromatic heterocycles. The van der Waals surface area contributed by atoms with Crippen LogP contribution in [0.5, 0.6) is 17.4 Å². The normalized spacial score (nSPS) is 20.9. The van der Waals surface area contributed by atoms with E-state index in [2.05, 4.69) is 14.2 Å². The molecule has 0 amide bonds. The SMILES string of the molecule is O=S(=O)(Oc1ccc2c(c1)C1(COC=N1)c1cccnc1O2)C(F)(F)F. The molecule has 136 valence electrons. The number of alkyl halides is 3. The van der Waals surface area contributed by atoms with Gasteiger partial charge in [0, 0.05) is 11.8 Å². The van der Waals surface area contributed by atoms with Gasteiger partial charge in [0.15, 0.2) is 11.9 Å². The Morgan fingerprint density at radius 2 is 2.00 bits per heavy atom. The maximum atomic E-state index is 12.6. The van der Waals surface area contributed by atoms with Crippen molar-refractivity contribution in [1.29, 1.82) is 0 Å². The molecule has 1 unspecified atom stereocenters. The van der Waals surface area contributed by atoms with Crippen LogP contribution in [0.15, 0.2) is 41.5 Å². The lowest BCUT2D eigenvalue weighted by molar-refractivity contribution is -0.0500. The number of fused-ring (bicyclic) bond motifs is 4. The number of aromatic nitrogens is 1. The number of aliphatic imine (C=N–C) groups is 1. The average molecular weight is 386 g/mol. The highest BCUT2D eigenvalue weighted by Crippen LogP contribution is 2.50. The van der Waals surface area contributed by atoms with E-state index in [1.165, 1.54) is 18.7 Å². The first kappa shape index (κ1) is 16.6. The van der Waals surface area contributed by atoms with Crippen LogP contribution in [-0.4, -0.2) is 31.9 Å². The lowest BCUT2D eigenvalue weighted by Gasteiger charge is -2.32. The number of nitrogens with zero attached hydrogens (tertiary/aromatic N) is 2. The Labute approximate surface area is 145 Å². The minimum atomic E-state index is -5.80. The molecule has 0 saturated heterocycles. The zero-order chi connectivity index (χ0) is 18.6. The van der Waals surface area contributed by atoms with Gasteiger partial charge in [0.05, 0.1) is 5.56 Å². The van der Waals surface area contributed by atoms with E-state index in [1.807, 2.05) is 0 Å². The molecule has 26 heavy (non-hydrogen) atoms. The third-order valence-electron chi connectivity index (χ3n) is 3.95. The standard InChI is InChI=1S/C15H9F3N2O5S/c16-15(17,18)26(21,22)25-9-3-4-12-11(6-9)14(7-23-8-20-14)10-2-1-5-19-13(10)24-12/h1-6,8H,7H2. The minimum absolute atomic E-state index is 0.0531. The molecule has 0 saturated carbocycles. The molecular weight excluding hydrogens is 377 g/mol. The minimum Gasteiger partial charge on any atom is -0.480 e. The van der Waals surface area contributed by atoms with Crippen molar-refractivity contribution in [1.82, 2.24) is 4.98 Å². The van der Waals surface area contributed by atoms with Crippen molar-refractivity contribution in [3.63, 3.8) is 0 Å². The van der Waals surface area contributed by atoms with E-state index in [0.717, 1.165) is 12.1 Å². The molecule has 1 atom stereocenters. The molecule has 0 N–H and O–H groups in total. The summed E-state index contributed by atoms with van der Waals surface area (Å²) in [5, 5.41) is 0. The molecule has 7 nitrogen and oxygen atoms in total. The summed E-state index contributed by atoms with van der Waals surface area (Å²) in [6, 6.07) is 6.84. The maximum absolute atomic E-state index is 12.6. The second-order valence-corrected chi connectivity index (χ2v) is 7.04. The number of pyridine rings is 1. The van der Waals surface area contributed by atoms with Crippen LogP contribution in [0.1, 0.15) is 11.1 Å². The molecule has 2 aromatic rings. The van der Waals surface area contributed by atoms with Crippen LogP contribution < -0.4 is 8.92 Å². The van der Waals surface area contributed by atoms with Gasteiger partial charge >= 0.3 is 15.6 Å². The first-order valence-electron chi connectivity index (χ1n) is 7.17. The Bertz CT molecular complexity index is 1020. The second kappa shape index (κ2) is 5.34. The summed E-state index contributed by atoms with van der Waals surface area (Å²) in [6.07, 6.45) is 2.73. The quantitative estimate of drug-likeness (QED) is 0.583. The van der Waals surface area contributed by atoms with E-state index in [4.69, 9.17) is 9.47 Å². The Morgan fingerprint density at radius 3 is 2.69 bits per heavy atom. The molecular formula is C15H9F3N2O5S. The fraction of sp³-hybridized carbons (Fsp3) is 0.200. The van der Waals surface area contributed by atoms with Gasteiger partial charge in [-0.3, -0.25) is 0 Å². The molecule has 3 heterocycles. The number of rotatable bonds is 2. The van der Waals surface area contributed by atoms with Crippen molar-refractivity contribution in [2.75, 3.05) is 6.61 Å². The molecule has 2 aliphatic rings.